The predicted molar refractivity (Wildman–Crippen MR) is 84.2 cm³/mol. The number of aromatic nitrogens is 1. The number of benzene rings is 1. The Balaban J connectivity index is 1.85. The maximum absolute atomic E-state index is 5.73. The molecule has 0 atom stereocenters. The third-order valence-corrected chi connectivity index (χ3v) is 3.67. The van der Waals surface area contributed by atoms with Crippen LogP contribution in [0.15, 0.2) is 29.6 Å². The maximum atomic E-state index is 5.73. The Labute approximate surface area is 125 Å². The van der Waals surface area contributed by atoms with Gasteiger partial charge in [-0.1, -0.05) is 17.7 Å². The highest BCUT2D eigenvalue weighted by Crippen LogP contribution is 2.16. The summed E-state index contributed by atoms with van der Waals surface area (Å²) in [6.07, 6.45) is 0. The van der Waals surface area contributed by atoms with Gasteiger partial charge in [-0.2, -0.15) is 0 Å². The highest BCUT2D eigenvalue weighted by Gasteiger charge is 2.10. The molecule has 0 unspecified atom stereocenters. The monoisotopic (exact) mass is 290 g/mol. The van der Waals surface area contributed by atoms with Crippen molar-refractivity contribution < 1.29 is 4.74 Å². The molecule has 0 bridgehead atoms. The molecular formula is C16H22N2OS. The van der Waals surface area contributed by atoms with E-state index in [-0.39, 0.29) is 5.54 Å². The number of aryl methyl sites for hydroxylation is 1. The van der Waals surface area contributed by atoms with Crippen molar-refractivity contribution >= 4 is 11.3 Å². The van der Waals surface area contributed by atoms with Gasteiger partial charge >= 0.3 is 0 Å². The maximum Gasteiger partial charge on any atom is 0.131 e. The van der Waals surface area contributed by atoms with Gasteiger partial charge in [-0.05, 0) is 39.8 Å². The highest BCUT2D eigenvalue weighted by atomic mass is 32.1. The normalized spacial score (nSPS) is 11.6. The van der Waals surface area contributed by atoms with Crippen LogP contribution in [-0.4, -0.2) is 10.5 Å². The molecule has 3 nitrogen and oxygen atoms in total. The lowest BCUT2D eigenvalue weighted by Gasteiger charge is -2.19. The molecule has 0 saturated carbocycles. The molecule has 0 aliphatic heterocycles. The fourth-order valence-electron chi connectivity index (χ4n) is 1.63. The zero-order chi connectivity index (χ0) is 14.6. The first-order chi connectivity index (χ1) is 9.42. The third kappa shape index (κ3) is 4.94. The van der Waals surface area contributed by atoms with Crippen molar-refractivity contribution in [2.24, 2.45) is 0 Å². The largest absolute Gasteiger partial charge is 0.487 e. The van der Waals surface area contributed by atoms with Crippen molar-refractivity contribution in [1.29, 1.82) is 0 Å². The van der Waals surface area contributed by atoms with E-state index >= 15 is 0 Å². The topological polar surface area (TPSA) is 34.1 Å². The van der Waals surface area contributed by atoms with E-state index in [1.165, 1.54) is 5.56 Å². The average molecular weight is 290 g/mol. The molecule has 0 fully saturated rings. The number of ether oxygens (including phenoxy) is 1. The Morgan fingerprint density at radius 2 is 1.90 bits per heavy atom. The molecular weight excluding hydrogens is 268 g/mol. The molecule has 2 aromatic rings. The summed E-state index contributed by atoms with van der Waals surface area (Å²) in [7, 11) is 0. The Morgan fingerprint density at radius 1 is 1.20 bits per heavy atom. The van der Waals surface area contributed by atoms with Crippen LogP contribution in [0.4, 0.5) is 0 Å². The summed E-state index contributed by atoms with van der Waals surface area (Å²) in [4.78, 5) is 4.58. The number of thiazole rings is 1. The van der Waals surface area contributed by atoms with E-state index in [2.05, 4.69) is 55.5 Å². The standard InChI is InChI=1S/C16H22N2OS/c1-12-5-7-14(8-6-12)19-10-13-11-20-15(18-13)9-17-16(2,3)4/h5-8,11,17H,9-10H2,1-4H3. The Morgan fingerprint density at radius 3 is 2.55 bits per heavy atom. The van der Waals surface area contributed by atoms with Crippen LogP contribution < -0.4 is 10.1 Å². The minimum Gasteiger partial charge on any atom is -0.487 e. The minimum atomic E-state index is 0.115. The first kappa shape index (κ1) is 15.0. The first-order valence-electron chi connectivity index (χ1n) is 6.80. The summed E-state index contributed by atoms with van der Waals surface area (Å²) in [5.41, 5.74) is 2.34. The average Bonchev–Trinajstić information content (AvgIpc) is 2.83. The Kier molecular flexibility index (Phi) is 4.78. The summed E-state index contributed by atoms with van der Waals surface area (Å²) < 4.78 is 5.73. The molecule has 1 aromatic heterocycles. The van der Waals surface area contributed by atoms with Crippen molar-refractivity contribution in [1.82, 2.24) is 10.3 Å². The second-order valence-electron chi connectivity index (χ2n) is 5.94. The van der Waals surface area contributed by atoms with E-state index in [1.807, 2.05) is 12.1 Å². The lowest BCUT2D eigenvalue weighted by Crippen LogP contribution is -2.35. The number of nitrogens with one attached hydrogen (secondary N) is 1. The molecule has 0 saturated heterocycles. The smallest absolute Gasteiger partial charge is 0.131 e. The fourth-order valence-corrected chi connectivity index (χ4v) is 2.35. The van der Waals surface area contributed by atoms with Gasteiger partial charge in [0.1, 0.15) is 17.4 Å². The van der Waals surface area contributed by atoms with Gasteiger partial charge in [0.25, 0.3) is 0 Å². The molecule has 0 aliphatic rings. The third-order valence-electron chi connectivity index (χ3n) is 2.78. The summed E-state index contributed by atoms with van der Waals surface area (Å²) in [5, 5.41) is 6.60. The quantitative estimate of drug-likeness (QED) is 0.906. The van der Waals surface area contributed by atoms with Gasteiger partial charge in [0.2, 0.25) is 0 Å². The van der Waals surface area contributed by atoms with Crippen LogP contribution in [0.5, 0.6) is 5.75 Å². The fraction of sp³-hybridized carbons (Fsp3) is 0.438. The second kappa shape index (κ2) is 6.37. The van der Waals surface area contributed by atoms with Crippen molar-refractivity contribution in [3.8, 4) is 5.75 Å². The molecule has 1 N–H and O–H groups in total. The molecule has 0 spiro atoms. The molecule has 1 aromatic carbocycles. The van der Waals surface area contributed by atoms with Crippen molar-refractivity contribution in [2.75, 3.05) is 0 Å². The van der Waals surface area contributed by atoms with Gasteiger partial charge in [0.05, 0.1) is 5.69 Å². The van der Waals surface area contributed by atoms with E-state index in [1.54, 1.807) is 11.3 Å². The second-order valence-corrected chi connectivity index (χ2v) is 6.88. The molecule has 108 valence electrons. The Hall–Kier alpha value is -1.39. The Bertz CT molecular complexity index is 540. The van der Waals surface area contributed by atoms with E-state index in [4.69, 9.17) is 4.74 Å². The van der Waals surface area contributed by atoms with E-state index in [0.29, 0.717) is 6.61 Å². The van der Waals surface area contributed by atoms with Gasteiger partial charge in [0, 0.05) is 17.5 Å². The highest BCUT2D eigenvalue weighted by molar-refractivity contribution is 7.09. The zero-order valence-corrected chi connectivity index (χ0v) is 13.4. The molecule has 0 amide bonds. The summed E-state index contributed by atoms with van der Waals surface area (Å²) in [6, 6.07) is 8.08. The van der Waals surface area contributed by atoms with Gasteiger partial charge in [0.15, 0.2) is 0 Å². The molecule has 1 heterocycles. The summed E-state index contributed by atoms with van der Waals surface area (Å²) in [5.74, 6) is 0.887. The molecule has 20 heavy (non-hydrogen) atoms. The van der Waals surface area contributed by atoms with E-state index in [9.17, 15) is 0 Å². The molecule has 0 radical (unpaired) electrons. The van der Waals surface area contributed by atoms with Crippen LogP contribution in [0.25, 0.3) is 0 Å². The number of hydrogen-bond acceptors (Lipinski definition) is 4. The van der Waals surface area contributed by atoms with Gasteiger partial charge in [-0.15, -0.1) is 11.3 Å². The van der Waals surface area contributed by atoms with Crippen LogP contribution >= 0.6 is 11.3 Å². The minimum absolute atomic E-state index is 0.115. The number of hydrogen-bond donors (Lipinski definition) is 1. The van der Waals surface area contributed by atoms with Crippen LogP contribution in [0, 0.1) is 6.92 Å². The molecule has 2 rings (SSSR count). The van der Waals surface area contributed by atoms with Crippen molar-refractivity contribution in [3.05, 3.63) is 45.9 Å². The van der Waals surface area contributed by atoms with Gasteiger partial charge < -0.3 is 10.1 Å². The number of nitrogens with zero attached hydrogens (tertiary/aromatic N) is 1. The SMILES string of the molecule is Cc1ccc(OCc2csc(CNC(C)(C)C)n2)cc1. The van der Waals surface area contributed by atoms with Crippen LogP contribution in [0.1, 0.15) is 37.0 Å². The zero-order valence-electron chi connectivity index (χ0n) is 12.6. The van der Waals surface area contributed by atoms with Crippen molar-refractivity contribution in [2.45, 2.75) is 46.4 Å². The van der Waals surface area contributed by atoms with Crippen LogP contribution in [0.2, 0.25) is 0 Å². The van der Waals surface area contributed by atoms with Crippen LogP contribution in [-0.2, 0) is 13.2 Å². The predicted octanol–water partition coefficient (Wildman–Crippen LogP) is 3.92. The summed E-state index contributed by atoms with van der Waals surface area (Å²) >= 11 is 1.67. The number of rotatable bonds is 5. The first-order valence-corrected chi connectivity index (χ1v) is 7.68. The van der Waals surface area contributed by atoms with Gasteiger partial charge in [-0.3, -0.25) is 0 Å². The van der Waals surface area contributed by atoms with E-state index < -0.39 is 0 Å². The van der Waals surface area contributed by atoms with E-state index in [0.717, 1.165) is 23.0 Å². The molecule has 4 heteroatoms. The molecule has 0 aliphatic carbocycles. The summed E-state index contributed by atoms with van der Waals surface area (Å²) in [6.45, 7) is 9.86. The lowest BCUT2D eigenvalue weighted by atomic mass is 10.1. The van der Waals surface area contributed by atoms with Crippen molar-refractivity contribution in [3.63, 3.8) is 0 Å². The lowest BCUT2D eigenvalue weighted by molar-refractivity contribution is 0.301. The van der Waals surface area contributed by atoms with Crippen LogP contribution in [0.3, 0.4) is 0 Å². The van der Waals surface area contributed by atoms with Gasteiger partial charge in [-0.25, -0.2) is 4.98 Å².